The summed E-state index contributed by atoms with van der Waals surface area (Å²) in [5.41, 5.74) is 7.44. The van der Waals surface area contributed by atoms with Gasteiger partial charge in [0.2, 0.25) is 0 Å². The number of guanidine groups is 1. The first-order valence-corrected chi connectivity index (χ1v) is 7.52. The Bertz CT molecular complexity index is 886. The smallest absolute Gasteiger partial charge is 0.369 e. The van der Waals surface area contributed by atoms with E-state index in [0.717, 1.165) is 6.07 Å². The first kappa shape index (κ1) is 19.0. The lowest BCUT2D eigenvalue weighted by Gasteiger charge is -2.30. The van der Waals surface area contributed by atoms with Crippen LogP contribution in [0.4, 0.5) is 32.2 Å². The highest BCUT2D eigenvalue weighted by molar-refractivity contribution is 5.84. The maximum atomic E-state index is 13.3. The third-order valence-electron chi connectivity index (χ3n) is 4.15. The molecule has 0 radical (unpaired) electrons. The number of benzene rings is 1. The van der Waals surface area contributed by atoms with E-state index in [1.54, 1.807) is 7.05 Å². The molecule has 0 spiro atoms. The molecule has 0 amide bonds. The van der Waals surface area contributed by atoms with Gasteiger partial charge in [-0.05, 0) is 24.3 Å². The molecular weight excluding hydrogens is 376 g/mol. The molecule has 4 N–H and O–H groups in total. The molecule has 144 valence electrons. The Morgan fingerprint density at radius 2 is 1.52 bits per heavy atom. The van der Waals surface area contributed by atoms with Gasteiger partial charge >= 0.3 is 12.4 Å². The fraction of sp³-hybridized carbons (Fsp3) is 0.250. The summed E-state index contributed by atoms with van der Waals surface area (Å²) >= 11 is 0. The minimum absolute atomic E-state index is 0.0557. The number of nitrogens with zero attached hydrogens (tertiary/aromatic N) is 3. The highest BCUT2D eigenvalue weighted by atomic mass is 19.4. The molecule has 27 heavy (non-hydrogen) atoms. The van der Waals surface area contributed by atoms with E-state index >= 15 is 0 Å². The highest BCUT2D eigenvalue weighted by Gasteiger charge is 2.41. The second-order valence-corrected chi connectivity index (χ2v) is 5.86. The third-order valence-corrected chi connectivity index (χ3v) is 4.15. The molecule has 0 saturated heterocycles. The summed E-state index contributed by atoms with van der Waals surface area (Å²) in [7, 11) is 1.54. The molecule has 0 saturated carbocycles. The summed E-state index contributed by atoms with van der Waals surface area (Å²) in [6, 6.07) is 4.20. The molecule has 1 aromatic heterocycles. The average molecular weight is 389 g/mol. The van der Waals surface area contributed by atoms with Gasteiger partial charge < -0.3 is 16.4 Å². The maximum absolute atomic E-state index is 13.3. The quantitative estimate of drug-likeness (QED) is 0.730. The van der Waals surface area contributed by atoms with Gasteiger partial charge in [0.25, 0.3) is 0 Å². The zero-order chi connectivity index (χ0) is 20.1. The Kier molecular flexibility index (Phi) is 4.29. The van der Waals surface area contributed by atoms with E-state index in [9.17, 15) is 26.3 Å². The number of hydrogen-bond acceptors (Lipinski definition) is 5. The molecule has 5 nitrogen and oxygen atoms in total. The Labute approximate surface area is 149 Å². The van der Waals surface area contributed by atoms with Gasteiger partial charge in [0.1, 0.15) is 6.17 Å². The minimum Gasteiger partial charge on any atom is -0.369 e. The van der Waals surface area contributed by atoms with E-state index in [4.69, 9.17) is 11.5 Å². The number of aliphatic imine (C=N–C) groups is 1. The van der Waals surface area contributed by atoms with E-state index in [-0.39, 0.29) is 11.8 Å². The predicted molar refractivity (Wildman–Crippen MR) is 85.7 cm³/mol. The zero-order valence-corrected chi connectivity index (χ0v) is 13.7. The van der Waals surface area contributed by atoms with Crippen molar-refractivity contribution in [3.8, 4) is 11.3 Å². The van der Waals surface area contributed by atoms with E-state index in [0.29, 0.717) is 23.8 Å². The fourth-order valence-electron chi connectivity index (χ4n) is 2.76. The van der Waals surface area contributed by atoms with Gasteiger partial charge in [0, 0.05) is 18.2 Å². The third kappa shape index (κ3) is 3.29. The van der Waals surface area contributed by atoms with Crippen LogP contribution in [0.2, 0.25) is 0 Å². The van der Waals surface area contributed by atoms with Crippen LogP contribution in [0.3, 0.4) is 0 Å². The topological polar surface area (TPSA) is 80.5 Å². The fourth-order valence-corrected chi connectivity index (χ4v) is 2.76. The number of fused-ring (bicyclic) bond motifs is 1. The second-order valence-electron chi connectivity index (χ2n) is 5.86. The summed E-state index contributed by atoms with van der Waals surface area (Å²) in [6.45, 7) is 0. The van der Waals surface area contributed by atoms with Crippen LogP contribution >= 0.6 is 0 Å². The number of hydrogen-bond donors (Lipinski definition) is 2. The van der Waals surface area contributed by atoms with Gasteiger partial charge in [-0.1, -0.05) is 6.07 Å². The van der Waals surface area contributed by atoms with Crippen LogP contribution in [0.5, 0.6) is 0 Å². The number of pyridine rings is 1. The molecule has 0 bridgehead atoms. The second kappa shape index (κ2) is 6.12. The summed E-state index contributed by atoms with van der Waals surface area (Å²) in [4.78, 5) is 9.20. The van der Waals surface area contributed by atoms with Crippen molar-refractivity contribution in [2.75, 3.05) is 7.05 Å². The standard InChI is InChI=1S/C16H13F6N5/c1-27-12(23)7-5-6-10(25-13(7)26-14(27)24)11-8(15(17,18)19)3-2-4-9(11)16(20,21)22/h2-6,12H,23H2,1H3,(H2,24,25,26). The Morgan fingerprint density at radius 3 is 2.04 bits per heavy atom. The summed E-state index contributed by atoms with van der Waals surface area (Å²) in [5.74, 6) is -0.180. The first-order valence-electron chi connectivity index (χ1n) is 7.52. The predicted octanol–water partition coefficient (Wildman–Crippen LogP) is 3.64. The summed E-state index contributed by atoms with van der Waals surface area (Å²) in [5, 5.41) is 0. The summed E-state index contributed by atoms with van der Waals surface area (Å²) in [6.07, 6.45) is -10.8. The van der Waals surface area contributed by atoms with Gasteiger partial charge in [0.05, 0.1) is 16.8 Å². The van der Waals surface area contributed by atoms with Crippen molar-refractivity contribution in [2.24, 2.45) is 16.5 Å². The number of rotatable bonds is 1. The van der Waals surface area contributed by atoms with Crippen LogP contribution < -0.4 is 11.5 Å². The Morgan fingerprint density at radius 1 is 0.963 bits per heavy atom. The van der Waals surface area contributed by atoms with Crippen molar-refractivity contribution in [3.05, 3.63) is 47.0 Å². The molecule has 1 aliphatic rings. The van der Waals surface area contributed by atoms with E-state index < -0.39 is 40.9 Å². The number of halogens is 6. The van der Waals surface area contributed by atoms with E-state index in [2.05, 4.69) is 9.98 Å². The monoisotopic (exact) mass is 389 g/mol. The van der Waals surface area contributed by atoms with Crippen LogP contribution in [-0.4, -0.2) is 22.9 Å². The number of nitrogens with two attached hydrogens (primary N) is 2. The van der Waals surface area contributed by atoms with Gasteiger partial charge in [-0.15, -0.1) is 0 Å². The highest BCUT2D eigenvalue weighted by Crippen LogP contribution is 2.44. The lowest BCUT2D eigenvalue weighted by molar-refractivity contribution is -0.142. The molecule has 1 unspecified atom stereocenters. The molecule has 1 atom stereocenters. The molecular formula is C16H13F6N5. The molecule has 2 aromatic rings. The normalized spacial score (nSPS) is 17.6. The van der Waals surface area contributed by atoms with Crippen LogP contribution in [0.1, 0.15) is 22.9 Å². The van der Waals surface area contributed by atoms with E-state index in [1.807, 2.05) is 0 Å². The van der Waals surface area contributed by atoms with Crippen LogP contribution in [0.25, 0.3) is 11.3 Å². The largest absolute Gasteiger partial charge is 0.417 e. The van der Waals surface area contributed by atoms with Crippen molar-refractivity contribution in [3.63, 3.8) is 0 Å². The van der Waals surface area contributed by atoms with Gasteiger partial charge in [-0.3, -0.25) is 0 Å². The Hall–Kier alpha value is -2.82. The van der Waals surface area contributed by atoms with Gasteiger partial charge in [-0.25, -0.2) is 4.98 Å². The van der Waals surface area contributed by atoms with Crippen molar-refractivity contribution >= 4 is 11.8 Å². The van der Waals surface area contributed by atoms with Crippen LogP contribution in [0, 0.1) is 0 Å². The SMILES string of the molecule is CN1C(N)=Nc2nc(-c3c(C(F)(F)F)cccc3C(F)(F)F)ccc2C1N. The number of alkyl halides is 6. The molecule has 11 heteroatoms. The molecule has 1 aromatic carbocycles. The molecule has 1 aliphatic heterocycles. The van der Waals surface area contributed by atoms with Gasteiger partial charge in [0.15, 0.2) is 11.8 Å². The van der Waals surface area contributed by atoms with Crippen molar-refractivity contribution in [1.29, 1.82) is 0 Å². The van der Waals surface area contributed by atoms with Crippen molar-refractivity contribution < 1.29 is 26.3 Å². The van der Waals surface area contributed by atoms with Crippen LogP contribution in [0.15, 0.2) is 35.3 Å². The lowest BCUT2D eigenvalue weighted by atomic mass is 9.96. The first-order chi connectivity index (χ1) is 12.4. The molecule has 0 fully saturated rings. The van der Waals surface area contributed by atoms with Gasteiger partial charge in [-0.2, -0.15) is 31.3 Å². The lowest BCUT2D eigenvalue weighted by Crippen LogP contribution is -2.43. The van der Waals surface area contributed by atoms with E-state index in [1.165, 1.54) is 11.0 Å². The molecule has 0 aliphatic carbocycles. The molecule has 2 heterocycles. The maximum Gasteiger partial charge on any atom is 0.417 e. The molecule has 3 rings (SSSR count). The van der Waals surface area contributed by atoms with Crippen molar-refractivity contribution in [1.82, 2.24) is 9.88 Å². The van der Waals surface area contributed by atoms with Crippen LogP contribution in [-0.2, 0) is 12.4 Å². The number of aromatic nitrogens is 1. The average Bonchev–Trinajstić information content (AvgIpc) is 2.57. The minimum atomic E-state index is -5.01. The Balaban J connectivity index is 2.29. The van der Waals surface area contributed by atoms with Crippen molar-refractivity contribution in [2.45, 2.75) is 18.5 Å². The zero-order valence-electron chi connectivity index (χ0n) is 13.7. The summed E-state index contributed by atoms with van der Waals surface area (Å²) < 4.78 is 80.1.